The van der Waals surface area contributed by atoms with Gasteiger partial charge in [0, 0.05) is 25.4 Å². The van der Waals surface area contributed by atoms with E-state index in [1.54, 1.807) is 13.2 Å². The minimum atomic E-state index is -1.13. The van der Waals surface area contributed by atoms with E-state index in [-0.39, 0.29) is 5.41 Å². The van der Waals surface area contributed by atoms with Crippen molar-refractivity contribution in [2.24, 2.45) is 12.5 Å². The van der Waals surface area contributed by atoms with E-state index in [0.29, 0.717) is 12.1 Å². The van der Waals surface area contributed by atoms with Gasteiger partial charge >= 0.3 is 12.0 Å². The molecule has 106 valence electrons. The molecular weight excluding hydrogens is 248 g/mol. The summed E-state index contributed by atoms with van der Waals surface area (Å²) >= 11 is 0. The fraction of sp³-hybridized carbons (Fsp3) is 0.583. The molecule has 19 heavy (non-hydrogen) atoms. The molecule has 0 aromatic carbocycles. The fourth-order valence-electron chi connectivity index (χ4n) is 1.40. The lowest BCUT2D eigenvalue weighted by atomic mass is 9.97. The van der Waals surface area contributed by atoms with Gasteiger partial charge in [0.15, 0.2) is 6.04 Å². The number of carbonyl (C=O) groups is 2. The summed E-state index contributed by atoms with van der Waals surface area (Å²) in [4.78, 5) is 22.8. The number of carboxylic acids is 1. The molecule has 3 N–H and O–H groups in total. The zero-order chi connectivity index (χ0) is 14.6. The highest BCUT2D eigenvalue weighted by atomic mass is 16.4. The number of aromatic nitrogens is 2. The first-order valence-electron chi connectivity index (χ1n) is 5.95. The molecule has 1 heterocycles. The number of carbonyl (C=O) groups excluding carboxylic acids is 1. The average molecular weight is 268 g/mol. The summed E-state index contributed by atoms with van der Waals surface area (Å²) in [6, 6.07) is -1.61. The zero-order valence-electron chi connectivity index (χ0n) is 11.6. The Morgan fingerprint density at radius 2 is 2.11 bits per heavy atom. The highest BCUT2D eigenvalue weighted by Gasteiger charge is 2.23. The molecule has 1 aromatic rings. The first kappa shape index (κ1) is 15.0. The van der Waals surface area contributed by atoms with Gasteiger partial charge in [-0.3, -0.25) is 4.68 Å². The van der Waals surface area contributed by atoms with Gasteiger partial charge in [-0.2, -0.15) is 5.10 Å². The van der Waals surface area contributed by atoms with Crippen LogP contribution in [0.15, 0.2) is 12.4 Å². The van der Waals surface area contributed by atoms with Crippen molar-refractivity contribution in [3.8, 4) is 0 Å². The zero-order valence-corrected chi connectivity index (χ0v) is 11.6. The van der Waals surface area contributed by atoms with E-state index in [1.165, 1.54) is 10.9 Å². The van der Waals surface area contributed by atoms with Crippen LogP contribution < -0.4 is 10.6 Å². The number of aryl methyl sites for hydroxylation is 1. The molecule has 0 spiro atoms. The molecule has 2 amide bonds. The SMILES string of the molecule is Cn1cc(C(NC(=O)NCC(C)(C)C)C(=O)O)cn1. The predicted molar refractivity (Wildman–Crippen MR) is 69.6 cm³/mol. The van der Waals surface area contributed by atoms with Crippen LogP contribution in [0.25, 0.3) is 0 Å². The maximum absolute atomic E-state index is 11.7. The molecule has 0 saturated carbocycles. The average Bonchev–Trinajstić information content (AvgIpc) is 2.68. The number of aliphatic carboxylic acids is 1. The number of urea groups is 1. The summed E-state index contributed by atoms with van der Waals surface area (Å²) in [7, 11) is 1.68. The smallest absolute Gasteiger partial charge is 0.331 e. The Labute approximate surface area is 112 Å². The summed E-state index contributed by atoms with van der Waals surface area (Å²) in [6.45, 7) is 6.38. The Balaban J connectivity index is 2.65. The van der Waals surface area contributed by atoms with Gasteiger partial charge in [-0.25, -0.2) is 9.59 Å². The molecule has 0 aliphatic carbocycles. The lowest BCUT2D eigenvalue weighted by Gasteiger charge is -2.20. The van der Waals surface area contributed by atoms with Crippen LogP contribution in [0.3, 0.4) is 0 Å². The summed E-state index contributed by atoms with van der Waals surface area (Å²) < 4.78 is 1.49. The Bertz CT molecular complexity index is 462. The topological polar surface area (TPSA) is 96.2 Å². The molecule has 0 radical (unpaired) electrons. The first-order chi connectivity index (χ1) is 8.69. The van der Waals surface area contributed by atoms with E-state index in [1.807, 2.05) is 20.8 Å². The van der Waals surface area contributed by atoms with Gasteiger partial charge in [-0.1, -0.05) is 20.8 Å². The third kappa shape index (κ3) is 4.99. The molecule has 1 aromatic heterocycles. The Morgan fingerprint density at radius 1 is 1.47 bits per heavy atom. The molecule has 1 unspecified atom stereocenters. The minimum absolute atomic E-state index is 0.0651. The third-order valence-corrected chi connectivity index (χ3v) is 2.36. The number of hydrogen-bond donors (Lipinski definition) is 3. The predicted octanol–water partition coefficient (Wildman–Crippen LogP) is 0.891. The molecule has 0 saturated heterocycles. The number of amides is 2. The maximum Gasteiger partial charge on any atom is 0.331 e. The Kier molecular flexibility index (Phi) is 4.52. The van der Waals surface area contributed by atoms with Gasteiger partial charge in [-0.05, 0) is 5.41 Å². The summed E-state index contributed by atoms with van der Waals surface area (Å²) in [5, 5.41) is 18.1. The number of carboxylic acid groups (broad SMARTS) is 1. The number of hydrogen-bond acceptors (Lipinski definition) is 3. The Hall–Kier alpha value is -2.05. The molecule has 1 atom stereocenters. The van der Waals surface area contributed by atoms with Crippen LogP contribution in [0.5, 0.6) is 0 Å². The molecule has 7 heteroatoms. The van der Waals surface area contributed by atoms with Gasteiger partial charge in [0.25, 0.3) is 0 Å². The van der Waals surface area contributed by atoms with Crippen LogP contribution in [0.2, 0.25) is 0 Å². The molecule has 0 bridgehead atoms. The van der Waals surface area contributed by atoms with Gasteiger partial charge < -0.3 is 15.7 Å². The van der Waals surface area contributed by atoms with Gasteiger partial charge in [-0.15, -0.1) is 0 Å². The van der Waals surface area contributed by atoms with Crippen LogP contribution in [0, 0.1) is 5.41 Å². The molecule has 1 rings (SSSR count). The second-order valence-corrected chi connectivity index (χ2v) is 5.61. The molecular formula is C12H20N4O3. The largest absolute Gasteiger partial charge is 0.479 e. The second-order valence-electron chi connectivity index (χ2n) is 5.61. The van der Waals surface area contributed by atoms with Crippen molar-refractivity contribution in [1.82, 2.24) is 20.4 Å². The van der Waals surface area contributed by atoms with Crippen molar-refractivity contribution in [3.63, 3.8) is 0 Å². The van der Waals surface area contributed by atoms with Gasteiger partial charge in [0.1, 0.15) is 0 Å². The van der Waals surface area contributed by atoms with Crippen LogP contribution in [-0.2, 0) is 11.8 Å². The summed E-state index contributed by atoms with van der Waals surface area (Å²) in [5.41, 5.74) is 0.366. The van der Waals surface area contributed by atoms with E-state index in [4.69, 9.17) is 5.11 Å². The van der Waals surface area contributed by atoms with E-state index < -0.39 is 18.0 Å². The van der Waals surface area contributed by atoms with Crippen molar-refractivity contribution in [1.29, 1.82) is 0 Å². The Morgan fingerprint density at radius 3 is 2.53 bits per heavy atom. The van der Waals surface area contributed by atoms with Crippen LogP contribution in [0.1, 0.15) is 32.4 Å². The van der Waals surface area contributed by atoms with E-state index >= 15 is 0 Å². The van der Waals surface area contributed by atoms with Crippen LogP contribution in [0.4, 0.5) is 4.79 Å². The lowest BCUT2D eigenvalue weighted by molar-refractivity contribution is -0.139. The highest BCUT2D eigenvalue weighted by molar-refractivity contribution is 5.83. The number of nitrogens with one attached hydrogen (secondary N) is 2. The molecule has 0 fully saturated rings. The lowest BCUT2D eigenvalue weighted by Crippen LogP contribution is -2.43. The van der Waals surface area contributed by atoms with Crippen molar-refractivity contribution < 1.29 is 14.7 Å². The number of nitrogens with zero attached hydrogens (tertiary/aromatic N) is 2. The second kappa shape index (κ2) is 5.73. The summed E-state index contributed by atoms with van der Waals surface area (Å²) in [6.07, 6.45) is 2.98. The van der Waals surface area contributed by atoms with Crippen molar-refractivity contribution in [3.05, 3.63) is 18.0 Å². The fourth-order valence-corrected chi connectivity index (χ4v) is 1.40. The molecule has 0 aliphatic rings. The first-order valence-corrected chi connectivity index (χ1v) is 5.95. The van der Waals surface area contributed by atoms with E-state index in [9.17, 15) is 9.59 Å². The third-order valence-electron chi connectivity index (χ3n) is 2.36. The highest BCUT2D eigenvalue weighted by Crippen LogP contribution is 2.13. The summed E-state index contributed by atoms with van der Waals surface area (Å²) in [5.74, 6) is -1.13. The minimum Gasteiger partial charge on any atom is -0.479 e. The molecule has 0 aliphatic heterocycles. The quantitative estimate of drug-likeness (QED) is 0.755. The van der Waals surface area contributed by atoms with Crippen LogP contribution >= 0.6 is 0 Å². The van der Waals surface area contributed by atoms with E-state index in [2.05, 4.69) is 15.7 Å². The monoisotopic (exact) mass is 268 g/mol. The molecule has 7 nitrogen and oxygen atoms in total. The number of rotatable bonds is 4. The normalized spacial score (nSPS) is 12.8. The van der Waals surface area contributed by atoms with Crippen molar-refractivity contribution in [2.75, 3.05) is 6.54 Å². The van der Waals surface area contributed by atoms with Gasteiger partial charge in [0.05, 0.1) is 6.20 Å². The van der Waals surface area contributed by atoms with Gasteiger partial charge in [0.2, 0.25) is 0 Å². The van der Waals surface area contributed by atoms with Crippen LogP contribution in [-0.4, -0.2) is 33.4 Å². The maximum atomic E-state index is 11.7. The van der Waals surface area contributed by atoms with Crippen molar-refractivity contribution in [2.45, 2.75) is 26.8 Å². The standard InChI is InChI=1S/C12H20N4O3/c1-12(2,3)7-13-11(19)15-9(10(17)18)8-5-14-16(4)6-8/h5-6,9H,7H2,1-4H3,(H,17,18)(H2,13,15,19). The van der Waals surface area contributed by atoms with Crippen molar-refractivity contribution >= 4 is 12.0 Å². The van der Waals surface area contributed by atoms with E-state index in [0.717, 1.165) is 0 Å².